The zero-order chi connectivity index (χ0) is 22.3. The highest BCUT2D eigenvalue weighted by Gasteiger charge is 2.21. The molecule has 9 heteroatoms. The average Bonchev–Trinajstić information content (AvgIpc) is 2.73. The number of hydrogen-bond acceptors (Lipinski definition) is 8. The van der Waals surface area contributed by atoms with E-state index >= 15 is 0 Å². The lowest BCUT2D eigenvalue weighted by Crippen LogP contribution is -1.94. The molecule has 2 rings (SSSR count). The van der Waals surface area contributed by atoms with Crippen LogP contribution in [-0.2, 0) is 13.6 Å². The third kappa shape index (κ3) is 5.21. The highest BCUT2D eigenvalue weighted by atomic mass is 31.2. The van der Waals surface area contributed by atoms with Gasteiger partial charge in [0.15, 0.2) is 23.0 Å². The quantitative estimate of drug-likeness (QED) is 0.402. The number of hydrogen-bond donors (Lipinski definition) is 2. The van der Waals surface area contributed by atoms with Crippen molar-refractivity contribution in [2.75, 3.05) is 27.4 Å². The van der Waals surface area contributed by atoms with Crippen molar-refractivity contribution in [2.45, 2.75) is 13.8 Å². The molecule has 0 aliphatic carbocycles. The number of aromatic hydroxyl groups is 2. The topological polar surface area (TPSA) is 112 Å². The molecule has 0 bridgehead atoms. The van der Waals surface area contributed by atoms with E-state index in [2.05, 4.69) is 0 Å². The number of phenols is 2. The fourth-order valence-electron chi connectivity index (χ4n) is 2.80. The van der Waals surface area contributed by atoms with Crippen LogP contribution >= 0.6 is 7.60 Å². The summed E-state index contributed by atoms with van der Waals surface area (Å²) in [5, 5.41) is 21.2. The summed E-state index contributed by atoms with van der Waals surface area (Å²) in [7, 11) is -0.714. The number of benzene rings is 2. The van der Waals surface area contributed by atoms with Gasteiger partial charge < -0.3 is 28.7 Å². The molecule has 0 radical (unpaired) electrons. The van der Waals surface area contributed by atoms with Gasteiger partial charge in [0.1, 0.15) is 6.29 Å². The summed E-state index contributed by atoms with van der Waals surface area (Å²) in [5.74, 6) is 1.01. The monoisotopic (exact) mass is 436 g/mol. The summed E-state index contributed by atoms with van der Waals surface area (Å²) in [6, 6.07) is 5.86. The molecule has 0 saturated carbocycles. The smallest absolute Gasteiger partial charge is 0.354 e. The molecule has 0 heterocycles. The summed E-state index contributed by atoms with van der Waals surface area (Å²) >= 11 is 0. The van der Waals surface area contributed by atoms with E-state index in [9.17, 15) is 19.6 Å². The molecule has 30 heavy (non-hydrogen) atoms. The van der Waals surface area contributed by atoms with Gasteiger partial charge >= 0.3 is 7.60 Å². The van der Waals surface area contributed by atoms with E-state index < -0.39 is 7.60 Å². The molecular weight excluding hydrogens is 411 g/mol. The number of rotatable bonds is 10. The number of aldehydes is 1. The largest absolute Gasteiger partial charge is 0.504 e. The van der Waals surface area contributed by atoms with Gasteiger partial charge in [0.05, 0.1) is 27.4 Å². The summed E-state index contributed by atoms with van der Waals surface area (Å²) in [6.07, 6.45) is 2.11. The normalized spacial score (nSPS) is 11.6. The molecule has 0 aliphatic heterocycles. The number of ether oxygens (including phenoxy) is 2. The molecule has 0 unspecified atom stereocenters. The predicted octanol–water partition coefficient (Wildman–Crippen LogP) is 4.83. The molecule has 2 aromatic rings. The molecule has 0 spiro atoms. The first kappa shape index (κ1) is 23.5. The van der Waals surface area contributed by atoms with Crippen LogP contribution in [0.5, 0.6) is 23.0 Å². The lowest BCUT2D eigenvalue weighted by molar-refractivity contribution is 0.112. The van der Waals surface area contributed by atoms with Gasteiger partial charge in [-0.3, -0.25) is 9.36 Å². The van der Waals surface area contributed by atoms with Gasteiger partial charge in [0.25, 0.3) is 0 Å². The molecular formula is C21H25O8P. The highest BCUT2D eigenvalue weighted by Crippen LogP contribution is 2.51. The van der Waals surface area contributed by atoms with E-state index in [0.29, 0.717) is 11.8 Å². The third-order valence-electron chi connectivity index (χ3n) is 4.13. The SMILES string of the molecule is CCOP(=O)(/C=C/c1cc(OC)c(O)c(-c2cc(C=O)cc(OC)c2O)c1)OCC. The van der Waals surface area contributed by atoms with Crippen molar-refractivity contribution in [1.29, 1.82) is 0 Å². The van der Waals surface area contributed by atoms with Crippen LogP contribution in [0.4, 0.5) is 0 Å². The van der Waals surface area contributed by atoms with Gasteiger partial charge in [-0.1, -0.05) is 0 Å². The minimum Gasteiger partial charge on any atom is -0.504 e. The van der Waals surface area contributed by atoms with Crippen molar-refractivity contribution >= 4 is 20.0 Å². The molecule has 0 aliphatic rings. The molecule has 0 saturated heterocycles. The molecule has 0 amide bonds. The molecule has 162 valence electrons. The molecule has 2 aromatic carbocycles. The van der Waals surface area contributed by atoms with Crippen LogP contribution in [0.2, 0.25) is 0 Å². The minimum absolute atomic E-state index is 0.0751. The van der Waals surface area contributed by atoms with Gasteiger partial charge in [-0.05, 0) is 49.8 Å². The number of carbonyl (C=O) groups is 1. The van der Waals surface area contributed by atoms with Gasteiger partial charge in [0, 0.05) is 22.5 Å². The Bertz CT molecular complexity index is 973. The maximum atomic E-state index is 12.7. The van der Waals surface area contributed by atoms with Crippen LogP contribution in [0.1, 0.15) is 29.8 Å². The van der Waals surface area contributed by atoms with Crippen LogP contribution in [0, 0.1) is 0 Å². The standard InChI is InChI=1S/C21H25O8P/c1-5-28-30(25,29-6-2)8-7-14-9-16(20(23)18(11-14)26-3)17-10-15(13-22)12-19(27-4)21(17)24/h7-13,23-24H,5-6H2,1-4H3/b8-7+. The predicted molar refractivity (Wildman–Crippen MR) is 114 cm³/mol. The lowest BCUT2D eigenvalue weighted by Gasteiger charge is -2.15. The Kier molecular flexibility index (Phi) is 8.06. The zero-order valence-electron chi connectivity index (χ0n) is 17.2. The Labute approximate surface area is 175 Å². The van der Waals surface area contributed by atoms with E-state index in [4.69, 9.17) is 18.5 Å². The van der Waals surface area contributed by atoms with Crippen LogP contribution < -0.4 is 9.47 Å². The molecule has 2 N–H and O–H groups in total. The first-order chi connectivity index (χ1) is 14.3. The fraction of sp³-hybridized carbons (Fsp3) is 0.286. The number of carbonyl (C=O) groups excluding carboxylic acids is 1. The van der Waals surface area contributed by atoms with Crippen molar-refractivity contribution < 1.29 is 38.1 Å². The third-order valence-corrected chi connectivity index (χ3v) is 5.88. The summed E-state index contributed by atoms with van der Waals surface area (Å²) in [5.41, 5.74) is 1.10. The van der Waals surface area contributed by atoms with Crippen molar-refractivity contribution in [2.24, 2.45) is 0 Å². The molecule has 0 atom stereocenters. The van der Waals surface area contributed by atoms with Crippen LogP contribution in [0.15, 0.2) is 30.1 Å². The second kappa shape index (κ2) is 10.3. The van der Waals surface area contributed by atoms with E-state index in [1.54, 1.807) is 19.9 Å². The second-order valence-electron chi connectivity index (χ2n) is 6.05. The van der Waals surface area contributed by atoms with Crippen molar-refractivity contribution in [3.8, 4) is 34.1 Å². The molecule has 0 fully saturated rings. The van der Waals surface area contributed by atoms with Gasteiger partial charge in [-0.15, -0.1) is 0 Å². The van der Waals surface area contributed by atoms with Crippen LogP contribution in [-0.4, -0.2) is 43.9 Å². The average molecular weight is 436 g/mol. The van der Waals surface area contributed by atoms with Crippen molar-refractivity contribution in [3.05, 3.63) is 41.2 Å². The van der Waals surface area contributed by atoms with Crippen LogP contribution in [0.25, 0.3) is 17.2 Å². The van der Waals surface area contributed by atoms with Gasteiger partial charge in [-0.2, -0.15) is 0 Å². The fourth-order valence-corrected chi connectivity index (χ4v) is 4.13. The maximum absolute atomic E-state index is 12.7. The maximum Gasteiger partial charge on any atom is 0.354 e. The van der Waals surface area contributed by atoms with E-state index in [0.717, 1.165) is 0 Å². The summed E-state index contributed by atoms with van der Waals surface area (Å²) < 4.78 is 33.5. The minimum atomic E-state index is -3.44. The Hall–Kier alpha value is -2.80. The lowest BCUT2D eigenvalue weighted by atomic mass is 9.98. The summed E-state index contributed by atoms with van der Waals surface area (Å²) in [6.45, 7) is 3.82. The molecule has 8 nitrogen and oxygen atoms in total. The molecule has 0 aromatic heterocycles. The van der Waals surface area contributed by atoms with Crippen molar-refractivity contribution in [3.63, 3.8) is 0 Å². The van der Waals surface area contributed by atoms with Crippen molar-refractivity contribution in [1.82, 2.24) is 0 Å². The zero-order valence-corrected chi connectivity index (χ0v) is 18.1. The number of phenolic OH excluding ortho intramolecular Hbond substituents is 2. The second-order valence-corrected chi connectivity index (χ2v) is 7.94. The van der Waals surface area contributed by atoms with Gasteiger partial charge in [-0.25, -0.2) is 0 Å². The Morgan fingerprint density at radius 1 is 0.867 bits per heavy atom. The highest BCUT2D eigenvalue weighted by molar-refractivity contribution is 7.57. The van der Waals surface area contributed by atoms with Crippen LogP contribution in [0.3, 0.4) is 0 Å². The Balaban J connectivity index is 2.65. The Morgan fingerprint density at radius 3 is 1.77 bits per heavy atom. The Morgan fingerprint density at radius 2 is 1.33 bits per heavy atom. The van der Waals surface area contributed by atoms with Gasteiger partial charge in [0.2, 0.25) is 0 Å². The first-order valence-electron chi connectivity index (χ1n) is 9.18. The van der Waals surface area contributed by atoms with E-state index in [-0.39, 0.29) is 52.9 Å². The van der Waals surface area contributed by atoms with E-state index in [1.807, 2.05) is 0 Å². The van der Waals surface area contributed by atoms with E-state index in [1.165, 1.54) is 44.3 Å². The summed E-state index contributed by atoms with van der Waals surface area (Å²) in [4.78, 5) is 11.3. The number of methoxy groups -OCH3 is 2. The first-order valence-corrected chi connectivity index (χ1v) is 10.8.